The summed E-state index contributed by atoms with van der Waals surface area (Å²) in [6.07, 6.45) is 6.29. The zero-order valence-corrected chi connectivity index (χ0v) is 13.5. The van der Waals surface area contributed by atoms with Gasteiger partial charge >= 0.3 is 0 Å². The van der Waals surface area contributed by atoms with Crippen LogP contribution in [0.3, 0.4) is 0 Å². The molecule has 2 aromatic rings. The smallest absolute Gasteiger partial charge is 0.0767 e. The highest BCUT2D eigenvalue weighted by atomic mass is 32.2. The summed E-state index contributed by atoms with van der Waals surface area (Å²) >= 11 is 5.74. The van der Waals surface area contributed by atoms with Crippen LogP contribution in [-0.2, 0) is 0 Å². The molecule has 0 spiro atoms. The third-order valence-electron chi connectivity index (χ3n) is 3.79. The maximum atomic E-state index is 3.92. The average molecular weight is 310 g/mol. The normalized spacial score (nSPS) is 23.3. The quantitative estimate of drug-likeness (QED) is 0.853. The van der Waals surface area contributed by atoms with E-state index >= 15 is 0 Å². The SMILES string of the molecule is CSC1CCCC1NC(c1cccs1)c1cccs1. The van der Waals surface area contributed by atoms with Gasteiger partial charge in [0.2, 0.25) is 0 Å². The van der Waals surface area contributed by atoms with Gasteiger partial charge in [-0.25, -0.2) is 0 Å². The third-order valence-corrected chi connectivity index (χ3v) is 6.84. The first-order valence-electron chi connectivity index (χ1n) is 6.74. The summed E-state index contributed by atoms with van der Waals surface area (Å²) in [5.41, 5.74) is 0. The zero-order valence-electron chi connectivity index (χ0n) is 11.0. The molecule has 1 aliphatic rings. The Labute approximate surface area is 127 Å². The van der Waals surface area contributed by atoms with Crippen LogP contribution in [0.2, 0.25) is 0 Å². The molecule has 3 rings (SSSR count). The minimum Gasteiger partial charge on any atom is -0.301 e. The van der Waals surface area contributed by atoms with E-state index in [1.165, 1.54) is 29.0 Å². The van der Waals surface area contributed by atoms with Crippen LogP contribution in [-0.4, -0.2) is 17.5 Å². The highest BCUT2D eigenvalue weighted by Gasteiger charge is 2.29. The molecule has 1 aliphatic carbocycles. The van der Waals surface area contributed by atoms with Crippen molar-refractivity contribution in [2.24, 2.45) is 0 Å². The molecule has 2 aromatic heterocycles. The summed E-state index contributed by atoms with van der Waals surface area (Å²) in [5.74, 6) is 0. The molecule has 0 bridgehead atoms. The van der Waals surface area contributed by atoms with Crippen LogP contribution in [0.25, 0.3) is 0 Å². The van der Waals surface area contributed by atoms with Crippen LogP contribution in [0.4, 0.5) is 0 Å². The van der Waals surface area contributed by atoms with Crippen molar-refractivity contribution in [2.75, 3.05) is 6.26 Å². The fourth-order valence-corrected chi connectivity index (χ4v) is 5.45. The topological polar surface area (TPSA) is 12.0 Å². The van der Waals surface area contributed by atoms with E-state index in [-0.39, 0.29) is 0 Å². The Hall–Kier alpha value is -0.290. The fourth-order valence-electron chi connectivity index (χ4n) is 2.83. The summed E-state index contributed by atoms with van der Waals surface area (Å²) in [6, 6.07) is 9.87. The highest BCUT2D eigenvalue weighted by Crippen LogP contribution is 2.34. The lowest BCUT2D eigenvalue weighted by atomic mass is 10.1. The molecule has 0 aromatic carbocycles. The Morgan fingerprint density at radius 3 is 2.37 bits per heavy atom. The van der Waals surface area contributed by atoms with E-state index in [1.54, 1.807) is 0 Å². The van der Waals surface area contributed by atoms with E-state index < -0.39 is 0 Å². The molecule has 0 radical (unpaired) electrons. The fraction of sp³-hybridized carbons (Fsp3) is 0.467. The van der Waals surface area contributed by atoms with E-state index in [9.17, 15) is 0 Å². The molecule has 102 valence electrons. The second-order valence-corrected chi connectivity index (χ2v) is 7.98. The van der Waals surface area contributed by atoms with Crippen molar-refractivity contribution < 1.29 is 0 Å². The molecule has 19 heavy (non-hydrogen) atoms. The van der Waals surface area contributed by atoms with Crippen LogP contribution in [0.5, 0.6) is 0 Å². The number of nitrogens with one attached hydrogen (secondary N) is 1. The largest absolute Gasteiger partial charge is 0.301 e. The van der Waals surface area contributed by atoms with Crippen molar-refractivity contribution in [3.05, 3.63) is 44.8 Å². The monoisotopic (exact) mass is 309 g/mol. The van der Waals surface area contributed by atoms with E-state index in [4.69, 9.17) is 0 Å². The Kier molecular flexibility index (Phi) is 4.64. The molecule has 1 saturated carbocycles. The maximum absolute atomic E-state index is 3.92. The molecule has 0 saturated heterocycles. The van der Waals surface area contributed by atoms with Crippen molar-refractivity contribution in [2.45, 2.75) is 36.6 Å². The molecule has 1 fully saturated rings. The molecule has 2 unspecified atom stereocenters. The van der Waals surface area contributed by atoms with Crippen LogP contribution >= 0.6 is 34.4 Å². The van der Waals surface area contributed by atoms with Gasteiger partial charge in [0.25, 0.3) is 0 Å². The molecule has 2 heterocycles. The lowest BCUT2D eigenvalue weighted by Crippen LogP contribution is -2.36. The van der Waals surface area contributed by atoms with E-state index in [0.717, 1.165) is 5.25 Å². The van der Waals surface area contributed by atoms with E-state index in [1.807, 2.05) is 34.4 Å². The molecule has 1 N–H and O–H groups in total. The van der Waals surface area contributed by atoms with Gasteiger partial charge < -0.3 is 5.32 Å². The average Bonchev–Trinajstić information content (AvgIpc) is 3.17. The van der Waals surface area contributed by atoms with Gasteiger partial charge in [-0.1, -0.05) is 18.6 Å². The molecule has 0 aliphatic heterocycles. The summed E-state index contributed by atoms with van der Waals surface area (Å²) < 4.78 is 0. The van der Waals surface area contributed by atoms with E-state index in [2.05, 4.69) is 46.6 Å². The number of rotatable bonds is 5. The van der Waals surface area contributed by atoms with Crippen LogP contribution < -0.4 is 5.32 Å². The molecular formula is C15H19NS3. The van der Waals surface area contributed by atoms with Gasteiger partial charge in [0, 0.05) is 21.0 Å². The molecular weight excluding hydrogens is 290 g/mol. The first-order chi connectivity index (χ1) is 9.38. The van der Waals surface area contributed by atoms with Gasteiger partial charge in [0.1, 0.15) is 0 Å². The Morgan fingerprint density at radius 1 is 1.16 bits per heavy atom. The van der Waals surface area contributed by atoms with Gasteiger partial charge in [-0.05, 0) is 42.0 Å². The lowest BCUT2D eigenvalue weighted by Gasteiger charge is -2.25. The van der Waals surface area contributed by atoms with Crippen molar-refractivity contribution >= 4 is 34.4 Å². The highest BCUT2D eigenvalue weighted by molar-refractivity contribution is 7.99. The third kappa shape index (κ3) is 3.07. The first kappa shape index (κ1) is 13.7. The van der Waals surface area contributed by atoms with Crippen LogP contribution in [0, 0.1) is 0 Å². The Balaban J connectivity index is 1.80. The van der Waals surface area contributed by atoms with Gasteiger partial charge in [-0.15, -0.1) is 22.7 Å². The van der Waals surface area contributed by atoms with Crippen molar-refractivity contribution in [3.63, 3.8) is 0 Å². The van der Waals surface area contributed by atoms with Crippen LogP contribution in [0.15, 0.2) is 35.0 Å². The molecule has 2 atom stereocenters. The minimum atomic E-state index is 0.387. The maximum Gasteiger partial charge on any atom is 0.0767 e. The Morgan fingerprint density at radius 2 is 1.84 bits per heavy atom. The summed E-state index contributed by atoms with van der Waals surface area (Å²) in [6.45, 7) is 0. The molecule has 4 heteroatoms. The molecule has 0 amide bonds. The van der Waals surface area contributed by atoms with Gasteiger partial charge in [-0.2, -0.15) is 11.8 Å². The number of thioether (sulfide) groups is 1. The van der Waals surface area contributed by atoms with Gasteiger partial charge in [0.05, 0.1) is 6.04 Å². The lowest BCUT2D eigenvalue weighted by molar-refractivity contribution is 0.494. The number of hydrogen-bond donors (Lipinski definition) is 1. The van der Waals surface area contributed by atoms with Gasteiger partial charge in [-0.3, -0.25) is 0 Å². The second-order valence-electron chi connectivity index (χ2n) is 4.94. The summed E-state index contributed by atoms with van der Waals surface area (Å²) in [5, 5.41) is 9.06. The van der Waals surface area contributed by atoms with Gasteiger partial charge in [0.15, 0.2) is 0 Å². The number of thiophene rings is 2. The summed E-state index contributed by atoms with van der Waals surface area (Å²) in [4.78, 5) is 2.88. The standard InChI is InChI=1S/C15H19NS3/c1-17-12-6-2-5-11(12)16-15(13-7-3-9-18-13)14-8-4-10-19-14/h3-4,7-12,15-16H,2,5-6H2,1H3. The summed E-state index contributed by atoms with van der Waals surface area (Å²) in [7, 11) is 0. The van der Waals surface area contributed by atoms with Crippen molar-refractivity contribution in [1.29, 1.82) is 0 Å². The van der Waals surface area contributed by atoms with Crippen molar-refractivity contribution in [1.82, 2.24) is 5.32 Å². The van der Waals surface area contributed by atoms with Crippen molar-refractivity contribution in [3.8, 4) is 0 Å². The predicted octanol–water partition coefficient (Wildman–Crippen LogP) is 4.77. The predicted molar refractivity (Wildman–Crippen MR) is 88.6 cm³/mol. The Bertz CT molecular complexity index is 443. The van der Waals surface area contributed by atoms with E-state index in [0.29, 0.717) is 12.1 Å². The molecule has 1 nitrogen and oxygen atoms in total. The number of hydrogen-bond acceptors (Lipinski definition) is 4. The first-order valence-corrected chi connectivity index (χ1v) is 9.79. The minimum absolute atomic E-state index is 0.387. The second kappa shape index (κ2) is 6.44. The van der Waals surface area contributed by atoms with Crippen LogP contribution in [0.1, 0.15) is 35.1 Å². The zero-order chi connectivity index (χ0) is 13.1.